The van der Waals surface area contributed by atoms with Crippen molar-refractivity contribution in [2.45, 2.75) is 13.0 Å². The zero-order chi connectivity index (χ0) is 14.7. The molecule has 1 aliphatic heterocycles. The summed E-state index contributed by atoms with van der Waals surface area (Å²) in [6.45, 7) is 5.32. The fourth-order valence-corrected chi connectivity index (χ4v) is 2.46. The predicted molar refractivity (Wildman–Crippen MR) is 83.0 cm³/mol. The fraction of sp³-hybridized carbons (Fsp3) is 0.500. The van der Waals surface area contributed by atoms with E-state index in [1.165, 1.54) is 0 Å². The molecule has 0 bridgehead atoms. The van der Waals surface area contributed by atoms with Gasteiger partial charge in [-0.1, -0.05) is 11.6 Å². The molecule has 0 aromatic heterocycles. The van der Waals surface area contributed by atoms with Crippen LogP contribution in [-0.2, 0) is 4.79 Å². The van der Waals surface area contributed by atoms with Gasteiger partial charge in [0.2, 0.25) is 5.91 Å². The van der Waals surface area contributed by atoms with E-state index in [4.69, 9.17) is 17.3 Å². The number of halogens is 1. The summed E-state index contributed by atoms with van der Waals surface area (Å²) in [6.07, 6.45) is 0. The monoisotopic (exact) mass is 296 g/mol. The fourth-order valence-electron chi connectivity index (χ4n) is 2.30. The third-order valence-electron chi connectivity index (χ3n) is 3.68. The van der Waals surface area contributed by atoms with Crippen LogP contribution in [0.4, 0.5) is 11.4 Å². The Balaban J connectivity index is 1.91. The van der Waals surface area contributed by atoms with Crippen LogP contribution in [-0.4, -0.2) is 55.0 Å². The quantitative estimate of drug-likeness (QED) is 0.830. The molecule has 1 atom stereocenters. The van der Waals surface area contributed by atoms with Crippen LogP contribution in [0.25, 0.3) is 0 Å². The lowest BCUT2D eigenvalue weighted by Gasteiger charge is -2.37. The standard InChI is InChI=1S/C14H21ClN4O/c1-10-8-19(6-5-18(10)2)9-14(20)17-13-7-11(16)3-4-12(13)15/h3-4,7,10H,5-6,8-9,16H2,1-2H3,(H,17,20). The molecule has 3 N–H and O–H groups in total. The van der Waals surface area contributed by atoms with Gasteiger partial charge in [0.15, 0.2) is 0 Å². The van der Waals surface area contributed by atoms with Crippen molar-refractivity contribution in [2.24, 2.45) is 0 Å². The lowest BCUT2D eigenvalue weighted by Crippen LogP contribution is -2.51. The summed E-state index contributed by atoms with van der Waals surface area (Å²) >= 11 is 6.03. The van der Waals surface area contributed by atoms with Gasteiger partial charge in [-0.05, 0) is 32.2 Å². The van der Waals surface area contributed by atoms with Crippen LogP contribution in [0.5, 0.6) is 0 Å². The van der Waals surface area contributed by atoms with Crippen LogP contribution in [0.1, 0.15) is 6.92 Å². The summed E-state index contributed by atoms with van der Waals surface area (Å²) in [5, 5.41) is 3.32. The zero-order valence-electron chi connectivity index (χ0n) is 11.9. The molecule has 1 saturated heterocycles. The minimum Gasteiger partial charge on any atom is -0.399 e. The van der Waals surface area contributed by atoms with Crippen LogP contribution >= 0.6 is 11.6 Å². The Bertz CT molecular complexity index is 494. The number of carbonyl (C=O) groups excluding carboxylic acids is 1. The molecular formula is C14H21ClN4O. The van der Waals surface area contributed by atoms with Crippen molar-refractivity contribution in [2.75, 3.05) is 44.3 Å². The maximum atomic E-state index is 12.1. The molecular weight excluding hydrogens is 276 g/mol. The van der Waals surface area contributed by atoms with Crippen LogP contribution in [0.2, 0.25) is 5.02 Å². The van der Waals surface area contributed by atoms with Crippen molar-refractivity contribution in [1.29, 1.82) is 0 Å². The minimum absolute atomic E-state index is 0.0609. The number of nitrogen functional groups attached to an aromatic ring is 1. The van der Waals surface area contributed by atoms with E-state index in [1.807, 2.05) is 0 Å². The number of nitrogens with zero attached hydrogens (tertiary/aromatic N) is 2. The molecule has 1 amide bonds. The van der Waals surface area contributed by atoms with Gasteiger partial charge in [0, 0.05) is 31.4 Å². The first-order chi connectivity index (χ1) is 9.45. The highest BCUT2D eigenvalue weighted by Gasteiger charge is 2.22. The Morgan fingerprint density at radius 3 is 2.95 bits per heavy atom. The molecule has 1 unspecified atom stereocenters. The summed E-state index contributed by atoms with van der Waals surface area (Å²) in [5.74, 6) is -0.0609. The van der Waals surface area contributed by atoms with Crippen molar-refractivity contribution in [3.63, 3.8) is 0 Å². The summed E-state index contributed by atoms with van der Waals surface area (Å²) < 4.78 is 0. The molecule has 1 aromatic rings. The molecule has 0 spiro atoms. The summed E-state index contributed by atoms with van der Waals surface area (Å²) in [5.41, 5.74) is 6.84. The maximum absolute atomic E-state index is 12.1. The molecule has 6 heteroatoms. The molecule has 110 valence electrons. The number of benzene rings is 1. The second-order valence-corrected chi connectivity index (χ2v) is 5.76. The van der Waals surface area contributed by atoms with E-state index in [0.29, 0.717) is 29.0 Å². The number of nitrogens with two attached hydrogens (primary N) is 1. The maximum Gasteiger partial charge on any atom is 0.238 e. The van der Waals surface area contributed by atoms with E-state index in [0.717, 1.165) is 19.6 Å². The van der Waals surface area contributed by atoms with Crippen molar-refractivity contribution >= 4 is 28.9 Å². The normalized spacial score (nSPS) is 20.9. The molecule has 20 heavy (non-hydrogen) atoms. The number of rotatable bonds is 3. The molecule has 0 radical (unpaired) electrons. The molecule has 0 aliphatic carbocycles. The highest BCUT2D eigenvalue weighted by Crippen LogP contribution is 2.24. The number of likely N-dealkylation sites (N-methyl/N-ethyl adjacent to an activating group) is 1. The third-order valence-corrected chi connectivity index (χ3v) is 4.01. The van der Waals surface area contributed by atoms with Crippen molar-refractivity contribution < 1.29 is 4.79 Å². The number of amides is 1. The van der Waals surface area contributed by atoms with Gasteiger partial charge in [0.05, 0.1) is 17.3 Å². The average Bonchev–Trinajstić information content (AvgIpc) is 2.38. The average molecular weight is 297 g/mol. The van der Waals surface area contributed by atoms with E-state index in [-0.39, 0.29) is 5.91 Å². The lowest BCUT2D eigenvalue weighted by atomic mass is 10.2. The van der Waals surface area contributed by atoms with Crippen molar-refractivity contribution in [1.82, 2.24) is 9.80 Å². The smallest absolute Gasteiger partial charge is 0.238 e. The second kappa shape index (κ2) is 6.43. The molecule has 1 fully saturated rings. The van der Waals surface area contributed by atoms with E-state index in [2.05, 4.69) is 29.1 Å². The predicted octanol–water partition coefficient (Wildman–Crippen LogP) is 1.50. The van der Waals surface area contributed by atoms with Gasteiger partial charge >= 0.3 is 0 Å². The number of hydrogen-bond acceptors (Lipinski definition) is 4. The topological polar surface area (TPSA) is 61.6 Å². The lowest BCUT2D eigenvalue weighted by molar-refractivity contribution is -0.117. The van der Waals surface area contributed by atoms with E-state index < -0.39 is 0 Å². The first kappa shape index (κ1) is 15.1. The van der Waals surface area contributed by atoms with Crippen LogP contribution in [0.15, 0.2) is 18.2 Å². The van der Waals surface area contributed by atoms with Crippen LogP contribution in [0.3, 0.4) is 0 Å². The molecule has 1 heterocycles. The molecule has 2 rings (SSSR count). The largest absolute Gasteiger partial charge is 0.399 e. The van der Waals surface area contributed by atoms with Crippen molar-refractivity contribution in [3.8, 4) is 0 Å². The Hall–Kier alpha value is -1.30. The highest BCUT2D eigenvalue weighted by molar-refractivity contribution is 6.33. The summed E-state index contributed by atoms with van der Waals surface area (Å²) in [4.78, 5) is 16.5. The van der Waals surface area contributed by atoms with Gasteiger partial charge in [-0.25, -0.2) is 0 Å². The number of piperazine rings is 1. The van der Waals surface area contributed by atoms with Crippen molar-refractivity contribution in [3.05, 3.63) is 23.2 Å². The van der Waals surface area contributed by atoms with Crippen LogP contribution < -0.4 is 11.1 Å². The zero-order valence-corrected chi connectivity index (χ0v) is 12.7. The van der Waals surface area contributed by atoms with E-state index in [9.17, 15) is 4.79 Å². The summed E-state index contributed by atoms with van der Waals surface area (Å²) in [7, 11) is 2.11. The first-order valence-corrected chi connectivity index (χ1v) is 7.11. The Morgan fingerprint density at radius 1 is 1.50 bits per heavy atom. The van der Waals surface area contributed by atoms with E-state index >= 15 is 0 Å². The number of nitrogens with one attached hydrogen (secondary N) is 1. The molecule has 1 aromatic carbocycles. The number of anilines is 2. The number of carbonyl (C=O) groups is 1. The Labute approximate surface area is 124 Å². The Morgan fingerprint density at radius 2 is 2.25 bits per heavy atom. The minimum atomic E-state index is -0.0609. The summed E-state index contributed by atoms with van der Waals surface area (Å²) in [6, 6.07) is 5.53. The number of hydrogen-bond donors (Lipinski definition) is 2. The highest BCUT2D eigenvalue weighted by atomic mass is 35.5. The molecule has 5 nitrogen and oxygen atoms in total. The van der Waals surface area contributed by atoms with Gasteiger partial charge in [-0.15, -0.1) is 0 Å². The van der Waals surface area contributed by atoms with Crippen LogP contribution in [0, 0.1) is 0 Å². The molecule has 0 saturated carbocycles. The van der Waals surface area contributed by atoms with Gasteiger partial charge in [0.1, 0.15) is 0 Å². The second-order valence-electron chi connectivity index (χ2n) is 5.35. The van der Waals surface area contributed by atoms with Gasteiger partial charge in [-0.2, -0.15) is 0 Å². The van der Waals surface area contributed by atoms with E-state index in [1.54, 1.807) is 18.2 Å². The first-order valence-electron chi connectivity index (χ1n) is 6.73. The SMILES string of the molecule is CC1CN(CC(=O)Nc2cc(N)ccc2Cl)CCN1C. The van der Waals surface area contributed by atoms with Gasteiger partial charge in [0.25, 0.3) is 0 Å². The van der Waals surface area contributed by atoms with Gasteiger partial charge < -0.3 is 16.0 Å². The Kier molecular flexibility index (Phi) is 4.86. The molecule has 1 aliphatic rings. The third kappa shape index (κ3) is 3.85. The van der Waals surface area contributed by atoms with Gasteiger partial charge in [-0.3, -0.25) is 9.69 Å².